The van der Waals surface area contributed by atoms with Crippen LogP contribution in [0.2, 0.25) is 0 Å². The summed E-state index contributed by atoms with van der Waals surface area (Å²) in [7, 11) is 1.67. The highest BCUT2D eigenvalue weighted by Crippen LogP contribution is 2.14. The largest absolute Gasteiger partial charge is 0.508 e. The van der Waals surface area contributed by atoms with Crippen molar-refractivity contribution in [2.24, 2.45) is 0 Å². The number of ether oxygens (including phenoxy) is 1. The molecule has 0 saturated carbocycles. The van der Waals surface area contributed by atoms with Crippen molar-refractivity contribution in [3.8, 4) is 5.75 Å². The van der Waals surface area contributed by atoms with Gasteiger partial charge in [0.15, 0.2) is 5.82 Å². The molecule has 0 fully saturated rings. The first-order valence-electron chi connectivity index (χ1n) is 6.11. The Morgan fingerprint density at radius 1 is 1.32 bits per heavy atom. The molecule has 0 aliphatic heterocycles. The smallest absolute Gasteiger partial charge is 0.245 e. The van der Waals surface area contributed by atoms with E-state index in [-0.39, 0.29) is 5.75 Å². The van der Waals surface area contributed by atoms with Crippen molar-refractivity contribution in [3.63, 3.8) is 0 Å². The van der Waals surface area contributed by atoms with Crippen LogP contribution in [0.25, 0.3) is 0 Å². The number of aromatic hydroxyl groups is 1. The predicted molar refractivity (Wildman–Crippen MR) is 69.9 cm³/mol. The van der Waals surface area contributed by atoms with E-state index in [1.54, 1.807) is 31.4 Å². The van der Waals surface area contributed by atoms with Crippen molar-refractivity contribution in [3.05, 3.63) is 36.0 Å². The van der Waals surface area contributed by atoms with Crippen LogP contribution in [-0.2, 0) is 17.7 Å². The molecule has 0 saturated heterocycles. The van der Waals surface area contributed by atoms with E-state index in [0.29, 0.717) is 24.9 Å². The maximum absolute atomic E-state index is 9.17. The number of anilines is 1. The lowest BCUT2D eigenvalue weighted by Gasteiger charge is -2.02. The van der Waals surface area contributed by atoms with Crippen LogP contribution < -0.4 is 5.32 Å². The molecule has 0 amide bonds. The molecule has 0 spiro atoms. The van der Waals surface area contributed by atoms with Crippen molar-refractivity contribution >= 4 is 5.69 Å². The van der Waals surface area contributed by atoms with Crippen molar-refractivity contribution < 1.29 is 14.4 Å². The van der Waals surface area contributed by atoms with Gasteiger partial charge in [0.25, 0.3) is 0 Å². The lowest BCUT2D eigenvalue weighted by Crippen LogP contribution is -2.00. The molecule has 2 aromatic rings. The lowest BCUT2D eigenvalue weighted by molar-refractivity contribution is 0.194. The summed E-state index contributed by atoms with van der Waals surface area (Å²) >= 11 is 0. The maximum Gasteiger partial charge on any atom is 0.245 e. The second kappa shape index (κ2) is 6.75. The van der Waals surface area contributed by atoms with Crippen molar-refractivity contribution in [1.82, 2.24) is 10.1 Å². The van der Waals surface area contributed by atoms with Gasteiger partial charge in [-0.25, -0.2) is 0 Å². The first kappa shape index (κ1) is 13.4. The summed E-state index contributed by atoms with van der Waals surface area (Å²) in [6.45, 7) is 1.15. The quantitative estimate of drug-likeness (QED) is 0.587. The van der Waals surface area contributed by atoms with Crippen LogP contribution >= 0.6 is 0 Å². The highest BCUT2D eigenvalue weighted by molar-refractivity contribution is 5.45. The number of nitrogens with zero attached hydrogens (tertiary/aromatic N) is 2. The van der Waals surface area contributed by atoms with Crippen molar-refractivity contribution in [1.29, 1.82) is 0 Å². The highest BCUT2D eigenvalue weighted by Gasteiger charge is 2.05. The topological polar surface area (TPSA) is 80.4 Å². The molecule has 1 heterocycles. The number of hydrogen-bond donors (Lipinski definition) is 2. The lowest BCUT2D eigenvalue weighted by atomic mass is 10.3. The number of aromatic nitrogens is 2. The first-order chi connectivity index (χ1) is 9.28. The van der Waals surface area contributed by atoms with Gasteiger partial charge in [0.05, 0.1) is 6.54 Å². The van der Waals surface area contributed by atoms with E-state index < -0.39 is 0 Å². The Kier molecular flexibility index (Phi) is 4.74. The molecular formula is C13H17N3O3. The van der Waals surface area contributed by atoms with Gasteiger partial charge < -0.3 is 19.7 Å². The van der Waals surface area contributed by atoms with Crippen LogP contribution in [-0.4, -0.2) is 29.0 Å². The van der Waals surface area contributed by atoms with Crippen LogP contribution in [0.3, 0.4) is 0 Å². The molecule has 2 N–H and O–H groups in total. The van der Waals surface area contributed by atoms with Crippen LogP contribution in [0.15, 0.2) is 28.8 Å². The Bertz CT molecular complexity index is 496. The molecule has 19 heavy (non-hydrogen) atoms. The maximum atomic E-state index is 9.17. The normalized spacial score (nSPS) is 10.6. The molecule has 0 atom stereocenters. The molecular weight excluding hydrogens is 246 g/mol. The SMILES string of the molecule is COCCCc1noc(CNc2ccc(O)cc2)n1. The summed E-state index contributed by atoms with van der Waals surface area (Å²) in [5.41, 5.74) is 0.886. The predicted octanol–water partition coefficient (Wildman–Crippen LogP) is 1.97. The molecule has 0 aliphatic carbocycles. The average molecular weight is 263 g/mol. The van der Waals surface area contributed by atoms with Crippen molar-refractivity contribution in [2.75, 3.05) is 19.0 Å². The van der Waals surface area contributed by atoms with E-state index in [0.717, 1.165) is 18.5 Å². The molecule has 1 aromatic carbocycles. The van der Waals surface area contributed by atoms with Gasteiger partial charge in [0, 0.05) is 25.8 Å². The third-order valence-electron chi connectivity index (χ3n) is 2.57. The third-order valence-corrected chi connectivity index (χ3v) is 2.57. The summed E-state index contributed by atoms with van der Waals surface area (Å²) in [6, 6.07) is 6.80. The van der Waals surface area contributed by atoms with Gasteiger partial charge in [0.1, 0.15) is 5.75 Å². The Balaban J connectivity index is 1.81. The van der Waals surface area contributed by atoms with Gasteiger partial charge in [0.2, 0.25) is 5.89 Å². The number of methoxy groups -OCH3 is 1. The standard InChI is InChI=1S/C13H17N3O3/c1-18-8-2-3-12-15-13(19-16-12)9-14-10-4-6-11(17)7-5-10/h4-7,14,17H,2-3,8-9H2,1H3. The number of phenolic OH excluding ortho intramolecular Hbond substituents is 1. The van der Waals surface area contributed by atoms with Crippen LogP contribution in [0.1, 0.15) is 18.1 Å². The molecule has 1 aromatic heterocycles. The number of nitrogens with one attached hydrogen (secondary N) is 1. The molecule has 2 rings (SSSR count). The fraction of sp³-hybridized carbons (Fsp3) is 0.385. The zero-order valence-electron chi connectivity index (χ0n) is 10.8. The molecule has 6 nitrogen and oxygen atoms in total. The molecule has 0 aliphatic rings. The van der Waals surface area contributed by atoms with Crippen LogP contribution in [0.5, 0.6) is 5.75 Å². The fourth-order valence-corrected chi connectivity index (χ4v) is 1.60. The Morgan fingerprint density at radius 3 is 2.84 bits per heavy atom. The second-order valence-electron chi connectivity index (χ2n) is 4.10. The van der Waals surface area contributed by atoms with Gasteiger partial charge >= 0.3 is 0 Å². The Morgan fingerprint density at radius 2 is 2.11 bits per heavy atom. The molecule has 6 heteroatoms. The highest BCUT2D eigenvalue weighted by atomic mass is 16.5. The molecule has 0 radical (unpaired) electrons. The Hall–Kier alpha value is -2.08. The van der Waals surface area contributed by atoms with E-state index in [4.69, 9.17) is 14.4 Å². The van der Waals surface area contributed by atoms with E-state index >= 15 is 0 Å². The summed E-state index contributed by atoms with van der Waals surface area (Å²) in [4.78, 5) is 4.27. The first-order valence-corrected chi connectivity index (χ1v) is 6.11. The summed E-state index contributed by atoms with van der Waals surface area (Å²) < 4.78 is 10.1. The molecule has 0 unspecified atom stereocenters. The minimum absolute atomic E-state index is 0.240. The van der Waals surface area contributed by atoms with Gasteiger partial charge in [-0.1, -0.05) is 5.16 Å². The number of rotatable bonds is 7. The van der Waals surface area contributed by atoms with Crippen LogP contribution in [0.4, 0.5) is 5.69 Å². The third kappa shape index (κ3) is 4.26. The van der Waals surface area contributed by atoms with Gasteiger partial charge in [-0.2, -0.15) is 4.98 Å². The minimum Gasteiger partial charge on any atom is -0.508 e. The number of benzene rings is 1. The van der Waals surface area contributed by atoms with Gasteiger partial charge in [-0.15, -0.1) is 0 Å². The van der Waals surface area contributed by atoms with Gasteiger partial charge in [-0.05, 0) is 30.7 Å². The monoisotopic (exact) mass is 263 g/mol. The van der Waals surface area contributed by atoms with E-state index in [1.807, 2.05) is 0 Å². The zero-order chi connectivity index (χ0) is 13.5. The summed E-state index contributed by atoms with van der Waals surface area (Å²) in [5.74, 6) is 1.48. The van der Waals surface area contributed by atoms with E-state index in [9.17, 15) is 0 Å². The number of hydrogen-bond acceptors (Lipinski definition) is 6. The number of phenols is 1. The summed E-state index contributed by atoms with van der Waals surface area (Å²) in [5, 5.41) is 16.2. The van der Waals surface area contributed by atoms with Crippen LogP contribution in [0, 0.1) is 0 Å². The average Bonchev–Trinajstić information content (AvgIpc) is 2.86. The zero-order valence-corrected chi connectivity index (χ0v) is 10.8. The second-order valence-corrected chi connectivity index (χ2v) is 4.10. The van der Waals surface area contributed by atoms with E-state index in [2.05, 4.69) is 15.5 Å². The molecule has 0 bridgehead atoms. The molecule has 102 valence electrons. The fourth-order valence-electron chi connectivity index (χ4n) is 1.60. The van der Waals surface area contributed by atoms with Gasteiger partial charge in [-0.3, -0.25) is 0 Å². The Labute approximate surface area is 111 Å². The summed E-state index contributed by atoms with van der Waals surface area (Å²) in [6.07, 6.45) is 1.62. The minimum atomic E-state index is 0.240. The number of aryl methyl sites for hydroxylation is 1. The van der Waals surface area contributed by atoms with E-state index in [1.165, 1.54) is 0 Å². The van der Waals surface area contributed by atoms with Crippen molar-refractivity contribution in [2.45, 2.75) is 19.4 Å².